The van der Waals surface area contributed by atoms with Gasteiger partial charge in [-0.25, -0.2) is 0 Å². The van der Waals surface area contributed by atoms with Gasteiger partial charge < -0.3 is 5.73 Å². The van der Waals surface area contributed by atoms with Crippen LogP contribution < -0.4 is 5.73 Å². The van der Waals surface area contributed by atoms with E-state index >= 15 is 0 Å². The molecule has 0 bridgehead atoms. The number of hydrogen-bond acceptors (Lipinski definition) is 2. The zero-order chi connectivity index (χ0) is 10.6. The first-order valence-electron chi connectivity index (χ1n) is 4.94. The molecule has 0 aliphatic rings. The lowest BCUT2D eigenvalue weighted by Gasteiger charge is -2.18. The summed E-state index contributed by atoms with van der Waals surface area (Å²) >= 11 is 1.81. The highest BCUT2D eigenvalue weighted by Gasteiger charge is 2.11. The summed E-state index contributed by atoms with van der Waals surface area (Å²) in [5.74, 6) is 0. The maximum atomic E-state index is 5.97. The normalized spacial score (nSPS) is 11.7. The molecular weight excluding hydrogens is 190 g/mol. The fraction of sp³-hybridized carbons (Fsp3) is 0.500. The minimum atomic E-state index is -0.0640. The molecule has 1 nitrogen and oxygen atoms in total. The summed E-state index contributed by atoms with van der Waals surface area (Å²) in [6.45, 7) is 4.16. The molecule has 2 N–H and O–H groups in total. The fourth-order valence-corrected chi connectivity index (χ4v) is 2.01. The van der Waals surface area contributed by atoms with Crippen molar-refractivity contribution < 1.29 is 0 Å². The molecule has 1 aromatic carbocycles. The maximum Gasteiger partial charge on any atom is 0.0101 e. The zero-order valence-electron chi connectivity index (χ0n) is 9.21. The first kappa shape index (κ1) is 11.6. The third-order valence-electron chi connectivity index (χ3n) is 2.23. The van der Waals surface area contributed by atoms with Gasteiger partial charge in [-0.2, -0.15) is 0 Å². The Balaban J connectivity index is 2.67. The second kappa shape index (κ2) is 4.85. The van der Waals surface area contributed by atoms with Crippen LogP contribution >= 0.6 is 11.8 Å². The Morgan fingerprint density at radius 3 is 2.50 bits per heavy atom. The number of hydrogen-bond donors (Lipinski definition) is 1. The van der Waals surface area contributed by atoms with Gasteiger partial charge in [-0.1, -0.05) is 18.2 Å². The Hall–Kier alpha value is -0.470. The molecule has 0 saturated heterocycles. The Labute approximate surface area is 91.1 Å². The van der Waals surface area contributed by atoms with Gasteiger partial charge in [0.1, 0.15) is 0 Å². The smallest absolute Gasteiger partial charge is 0.0101 e. The zero-order valence-corrected chi connectivity index (χ0v) is 10.0. The second-order valence-corrected chi connectivity index (χ2v) is 5.15. The predicted octanol–water partition coefficient (Wildman–Crippen LogP) is 3.08. The van der Waals surface area contributed by atoms with Crippen molar-refractivity contribution in [3.63, 3.8) is 0 Å². The van der Waals surface area contributed by atoms with Gasteiger partial charge in [0.15, 0.2) is 0 Å². The molecule has 0 saturated carbocycles. The van der Waals surface area contributed by atoms with Crippen LogP contribution in [-0.2, 0) is 6.42 Å². The minimum absolute atomic E-state index is 0.0640. The molecule has 14 heavy (non-hydrogen) atoms. The highest BCUT2D eigenvalue weighted by molar-refractivity contribution is 7.98. The first-order chi connectivity index (χ1) is 6.53. The van der Waals surface area contributed by atoms with Crippen LogP contribution in [0, 0.1) is 0 Å². The van der Waals surface area contributed by atoms with Crippen LogP contribution in [0.15, 0.2) is 29.2 Å². The molecule has 0 unspecified atom stereocenters. The minimum Gasteiger partial charge on any atom is -0.326 e. The van der Waals surface area contributed by atoms with Gasteiger partial charge in [0.05, 0.1) is 0 Å². The van der Waals surface area contributed by atoms with Crippen molar-refractivity contribution in [3.8, 4) is 0 Å². The topological polar surface area (TPSA) is 26.0 Å². The molecule has 1 aromatic rings. The van der Waals surface area contributed by atoms with Gasteiger partial charge in [-0.3, -0.25) is 0 Å². The van der Waals surface area contributed by atoms with Crippen molar-refractivity contribution >= 4 is 11.8 Å². The molecule has 2 heteroatoms. The SMILES string of the molecule is CSc1ccccc1CCC(C)(C)N. The highest BCUT2D eigenvalue weighted by atomic mass is 32.2. The van der Waals surface area contributed by atoms with E-state index in [-0.39, 0.29) is 5.54 Å². The molecule has 0 amide bonds. The van der Waals surface area contributed by atoms with Crippen LogP contribution in [0.25, 0.3) is 0 Å². The Morgan fingerprint density at radius 2 is 1.93 bits per heavy atom. The summed E-state index contributed by atoms with van der Waals surface area (Å²) in [7, 11) is 0. The van der Waals surface area contributed by atoms with E-state index in [1.54, 1.807) is 11.8 Å². The van der Waals surface area contributed by atoms with E-state index in [1.807, 2.05) is 0 Å². The second-order valence-electron chi connectivity index (χ2n) is 4.30. The molecule has 0 fully saturated rings. The molecule has 0 aliphatic heterocycles. The Bertz CT molecular complexity index is 289. The van der Waals surface area contributed by atoms with Crippen molar-refractivity contribution in [2.45, 2.75) is 37.1 Å². The lowest BCUT2D eigenvalue weighted by Crippen LogP contribution is -2.32. The molecule has 0 heterocycles. The predicted molar refractivity (Wildman–Crippen MR) is 64.8 cm³/mol. The molecule has 0 aromatic heterocycles. The van der Waals surface area contributed by atoms with Gasteiger partial charge in [0, 0.05) is 10.4 Å². The van der Waals surface area contributed by atoms with Crippen molar-refractivity contribution in [3.05, 3.63) is 29.8 Å². The molecule has 78 valence electrons. The van der Waals surface area contributed by atoms with Crippen molar-refractivity contribution in [1.82, 2.24) is 0 Å². The summed E-state index contributed by atoms with van der Waals surface area (Å²) in [4.78, 5) is 1.37. The molecule has 1 rings (SSSR count). The number of benzene rings is 1. The first-order valence-corrected chi connectivity index (χ1v) is 6.16. The highest BCUT2D eigenvalue weighted by Crippen LogP contribution is 2.22. The summed E-state index contributed by atoms with van der Waals surface area (Å²) < 4.78 is 0. The van der Waals surface area contributed by atoms with E-state index < -0.39 is 0 Å². The maximum absolute atomic E-state index is 5.97. The summed E-state index contributed by atoms with van der Waals surface area (Å²) in [6, 6.07) is 8.54. The van der Waals surface area contributed by atoms with Crippen LogP contribution in [0.4, 0.5) is 0 Å². The number of rotatable bonds is 4. The fourth-order valence-electron chi connectivity index (χ4n) is 1.37. The van der Waals surface area contributed by atoms with E-state index in [0.29, 0.717) is 0 Å². The van der Waals surface area contributed by atoms with Crippen molar-refractivity contribution in [2.24, 2.45) is 5.73 Å². The third-order valence-corrected chi connectivity index (χ3v) is 3.07. The quantitative estimate of drug-likeness (QED) is 0.771. The molecule has 0 radical (unpaired) electrons. The van der Waals surface area contributed by atoms with Gasteiger partial charge in [-0.05, 0) is 44.6 Å². The molecular formula is C12H19NS. The van der Waals surface area contributed by atoms with Gasteiger partial charge in [-0.15, -0.1) is 11.8 Å². The van der Waals surface area contributed by atoms with Crippen LogP contribution in [0.3, 0.4) is 0 Å². The Morgan fingerprint density at radius 1 is 1.29 bits per heavy atom. The van der Waals surface area contributed by atoms with E-state index in [2.05, 4.69) is 44.4 Å². The molecule has 0 atom stereocenters. The third kappa shape index (κ3) is 3.72. The van der Waals surface area contributed by atoms with Crippen LogP contribution in [0.2, 0.25) is 0 Å². The standard InChI is InChI=1S/C12H19NS/c1-12(2,13)9-8-10-6-4-5-7-11(10)14-3/h4-7H,8-9,13H2,1-3H3. The van der Waals surface area contributed by atoms with E-state index in [4.69, 9.17) is 5.73 Å². The lowest BCUT2D eigenvalue weighted by molar-refractivity contribution is 0.475. The number of thioether (sulfide) groups is 1. The summed E-state index contributed by atoms with van der Waals surface area (Å²) in [6.07, 6.45) is 4.22. The molecule has 0 aliphatic carbocycles. The summed E-state index contributed by atoms with van der Waals surface area (Å²) in [5.41, 5.74) is 7.32. The lowest BCUT2D eigenvalue weighted by atomic mass is 9.97. The largest absolute Gasteiger partial charge is 0.326 e. The van der Waals surface area contributed by atoms with Crippen molar-refractivity contribution in [2.75, 3.05) is 6.26 Å². The number of aryl methyl sites for hydroxylation is 1. The van der Waals surface area contributed by atoms with E-state index in [1.165, 1.54) is 10.5 Å². The van der Waals surface area contributed by atoms with E-state index in [0.717, 1.165) is 12.8 Å². The van der Waals surface area contributed by atoms with Gasteiger partial charge in [0.2, 0.25) is 0 Å². The van der Waals surface area contributed by atoms with Gasteiger partial charge >= 0.3 is 0 Å². The monoisotopic (exact) mass is 209 g/mol. The van der Waals surface area contributed by atoms with Crippen LogP contribution in [0.1, 0.15) is 25.8 Å². The van der Waals surface area contributed by atoms with Gasteiger partial charge in [0.25, 0.3) is 0 Å². The average molecular weight is 209 g/mol. The average Bonchev–Trinajstić information content (AvgIpc) is 2.14. The molecule has 0 spiro atoms. The van der Waals surface area contributed by atoms with Crippen molar-refractivity contribution in [1.29, 1.82) is 0 Å². The number of nitrogens with two attached hydrogens (primary N) is 1. The van der Waals surface area contributed by atoms with Crippen LogP contribution in [0.5, 0.6) is 0 Å². The summed E-state index contributed by atoms with van der Waals surface area (Å²) in [5, 5.41) is 0. The van der Waals surface area contributed by atoms with Crippen LogP contribution in [-0.4, -0.2) is 11.8 Å². The van der Waals surface area contributed by atoms with E-state index in [9.17, 15) is 0 Å². The Kier molecular flexibility index (Phi) is 4.02.